The second kappa shape index (κ2) is 5.19. The molecule has 2 aliphatic heterocycles. The van der Waals surface area contributed by atoms with Gasteiger partial charge in [0.1, 0.15) is 0 Å². The van der Waals surface area contributed by atoms with Gasteiger partial charge < -0.3 is 15.1 Å². The molecular formula is C16H18N4O2S. The average Bonchev–Trinajstić information content (AvgIpc) is 3.05. The van der Waals surface area contributed by atoms with Gasteiger partial charge in [-0.1, -0.05) is 6.07 Å². The Morgan fingerprint density at radius 2 is 2.26 bits per heavy atom. The first-order valence-corrected chi connectivity index (χ1v) is 8.55. The summed E-state index contributed by atoms with van der Waals surface area (Å²) in [5.74, 6) is 0.0292. The summed E-state index contributed by atoms with van der Waals surface area (Å²) in [4.78, 5) is 32.8. The normalized spacial score (nSPS) is 24.0. The number of nitrogens with one attached hydrogen (secondary N) is 1. The van der Waals surface area contributed by atoms with Gasteiger partial charge in [0.15, 0.2) is 0 Å². The molecule has 2 saturated heterocycles. The molecule has 2 fully saturated rings. The van der Waals surface area contributed by atoms with E-state index in [-0.39, 0.29) is 24.0 Å². The summed E-state index contributed by atoms with van der Waals surface area (Å²) in [5, 5.41) is 3.93. The number of carbonyl (C=O) groups is 2. The van der Waals surface area contributed by atoms with Crippen LogP contribution in [0.2, 0.25) is 0 Å². The van der Waals surface area contributed by atoms with Crippen molar-refractivity contribution in [2.45, 2.75) is 25.4 Å². The van der Waals surface area contributed by atoms with E-state index in [2.05, 4.69) is 10.3 Å². The van der Waals surface area contributed by atoms with Gasteiger partial charge in [0.25, 0.3) is 5.91 Å². The van der Waals surface area contributed by atoms with Crippen LogP contribution in [0.4, 0.5) is 4.79 Å². The first-order valence-electron chi connectivity index (χ1n) is 7.73. The largest absolute Gasteiger partial charge is 0.336 e. The SMILES string of the molecule is Cc1nc2cccc(C(=O)N3CC[C@@H]4[C@H](C3)NC(=O)N4C)c2s1. The molecule has 0 bridgehead atoms. The standard InChI is InChI=1S/C16H18N4O2S/c1-9-17-11-5-3-4-10(14(11)23-9)15(21)20-7-6-13-12(8-20)18-16(22)19(13)2/h3-5,12-13H,6-8H2,1-2H3,(H,18,22)/t12-,13+/m0/s1. The zero-order chi connectivity index (χ0) is 16.1. The lowest BCUT2D eigenvalue weighted by molar-refractivity contribution is 0.0668. The molecule has 120 valence electrons. The highest BCUT2D eigenvalue weighted by atomic mass is 32.1. The average molecular weight is 330 g/mol. The molecular weight excluding hydrogens is 312 g/mol. The summed E-state index contributed by atoms with van der Waals surface area (Å²) in [6, 6.07) is 5.85. The molecule has 4 rings (SSSR count). The molecule has 1 N–H and O–H groups in total. The number of nitrogens with zero attached hydrogens (tertiary/aromatic N) is 3. The Hall–Kier alpha value is -2.15. The molecule has 0 saturated carbocycles. The van der Waals surface area contributed by atoms with Crippen LogP contribution >= 0.6 is 11.3 Å². The highest BCUT2D eigenvalue weighted by molar-refractivity contribution is 7.18. The first-order chi connectivity index (χ1) is 11.0. The molecule has 2 aliphatic rings. The Morgan fingerprint density at radius 1 is 1.43 bits per heavy atom. The number of thiazole rings is 1. The maximum absolute atomic E-state index is 13.0. The molecule has 0 spiro atoms. The quantitative estimate of drug-likeness (QED) is 0.868. The molecule has 2 aromatic rings. The van der Waals surface area contributed by atoms with Crippen LogP contribution in [0, 0.1) is 6.92 Å². The second-order valence-electron chi connectivity index (χ2n) is 6.16. The van der Waals surface area contributed by atoms with Crippen molar-refractivity contribution < 1.29 is 9.59 Å². The smallest absolute Gasteiger partial charge is 0.317 e. The van der Waals surface area contributed by atoms with E-state index < -0.39 is 0 Å². The van der Waals surface area contributed by atoms with Crippen molar-refractivity contribution in [1.29, 1.82) is 0 Å². The van der Waals surface area contributed by atoms with E-state index in [0.717, 1.165) is 21.6 Å². The Kier molecular flexibility index (Phi) is 3.26. The van der Waals surface area contributed by atoms with Crippen LogP contribution in [0.3, 0.4) is 0 Å². The third-order valence-corrected chi connectivity index (χ3v) is 5.76. The van der Waals surface area contributed by atoms with Gasteiger partial charge in [0.05, 0.1) is 32.9 Å². The number of benzene rings is 1. The van der Waals surface area contributed by atoms with Crippen molar-refractivity contribution in [3.63, 3.8) is 0 Å². The van der Waals surface area contributed by atoms with Gasteiger partial charge in [0, 0.05) is 20.1 Å². The highest BCUT2D eigenvalue weighted by Crippen LogP contribution is 2.28. The van der Waals surface area contributed by atoms with Gasteiger partial charge in [-0.05, 0) is 25.5 Å². The highest BCUT2D eigenvalue weighted by Gasteiger charge is 2.41. The molecule has 6 nitrogen and oxygen atoms in total. The number of piperidine rings is 1. The summed E-state index contributed by atoms with van der Waals surface area (Å²) in [5.41, 5.74) is 1.59. The van der Waals surface area contributed by atoms with Crippen LogP contribution in [0.1, 0.15) is 21.8 Å². The van der Waals surface area contributed by atoms with Gasteiger partial charge in [-0.2, -0.15) is 0 Å². The van der Waals surface area contributed by atoms with Crippen LogP contribution in [0.15, 0.2) is 18.2 Å². The molecule has 0 radical (unpaired) electrons. The molecule has 0 unspecified atom stereocenters. The van der Waals surface area contributed by atoms with Crippen molar-refractivity contribution in [3.8, 4) is 0 Å². The van der Waals surface area contributed by atoms with Crippen LogP contribution in [-0.2, 0) is 0 Å². The summed E-state index contributed by atoms with van der Waals surface area (Å²) < 4.78 is 0.949. The zero-order valence-corrected chi connectivity index (χ0v) is 13.9. The van der Waals surface area contributed by atoms with Crippen LogP contribution in [0.5, 0.6) is 0 Å². The number of carbonyl (C=O) groups excluding carboxylic acids is 2. The van der Waals surface area contributed by atoms with Gasteiger partial charge in [-0.15, -0.1) is 11.3 Å². The van der Waals surface area contributed by atoms with Gasteiger partial charge in [-0.25, -0.2) is 9.78 Å². The summed E-state index contributed by atoms with van der Waals surface area (Å²) in [6.07, 6.45) is 0.809. The molecule has 23 heavy (non-hydrogen) atoms. The fourth-order valence-corrected chi connectivity index (χ4v) is 4.46. The number of aryl methyl sites for hydroxylation is 1. The number of likely N-dealkylation sites (N-methyl/N-ethyl adjacent to an activating group) is 1. The van der Waals surface area contributed by atoms with E-state index in [1.807, 2.05) is 37.1 Å². The molecule has 3 amide bonds. The lowest BCUT2D eigenvalue weighted by Crippen LogP contribution is -2.52. The Balaban J connectivity index is 1.61. The number of amides is 3. The first kappa shape index (κ1) is 14.4. The minimum absolute atomic E-state index is 0.0209. The van der Waals surface area contributed by atoms with Crippen molar-refractivity contribution in [2.24, 2.45) is 0 Å². The maximum Gasteiger partial charge on any atom is 0.317 e. The van der Waals surface area contributed by atoms with Gasteiger partial charge >= 0.3 is 6.03 Å². The number of rotatable bonds is 1. The van der Waals surface area contributed by atoms with E-state index in [9.17, 15) is 9.59 Å². The fourth-order valence-electron chi connectivity index (χ4n) is 3.54. The van der Waals surface area contributed by atoms with Gasteiger partial charge in [-0.3, -0.25) is 4.79 Å². The van der Waals surface area contributed by atoms with E-state index in [1.54, 1.807) is 16.2 Å². The van der Waals surface area contributed by atoms with E-state index in [0.29, 0.717) is 18.7 Å². The van der Waals surface area contributed by atoms with Crippen molar-refractivity contribution in [2.75, 3.05) is 20.1 Å². The predicted octanol–water partition coefficient (Wildman–Crippen LogP) is 1.84. The van der Waals surface area contributed by atoms with Crippen molar-refractivity contribution >= 4 is 33.5 Å². The molecule has 7 heteroatoms. The van der Waals surface area contributed by atoms with Crippen LogP contribution in [-0.4, -0.2) is 58.9 Å². The Bertz CT molecular complexity index is 802. The summed E-state index contributed by atoms with van der Waals surface area (Å²) in [6.45, 7) is 3.19. The summed E-state index contributed by atoms with van der Waals surface area (Å²) in [7, 11) is 1.82. The Labute approximate surface area is 138 Å². The van der Waals surface area contributed by atoms with Crippen LogP contribution < -0.4 is 5.32 Å². The second-order valence-corrected chi connectivity index (χ2v) is 7.36. The lowest BCUT2D eigenvalue weighted by Gasteiger charge is -2.35. The third-order valence-electron chi connectivity index (χ3n) is 4.74. The van der Waals surface area contributed by atoms with E-state index in [1.165, 1.54) is 0 Å². The molecule has 1 aromatic carbocycles. The number of likely N-dealkylation sites (tertiary alicyclic amines) is 1. The minimum Gasteiger partial charge on any atom is -0.336 e. The van der Waals surface area contributed by atoms with Crippen molar-refractivity contribution in [3.05, 3.63) is 28.8 Å². The Morgan fingerprint density at radius 3 is 3.09 bits per heavy atom. The van der Waals surface area contributed by atoms with E-state index in [4.69, 9.17) is 0 Å². The number of aromatic nitrogens is 1. The van der Waals surface area contributed by atoms with Crippen molar-refractivity contribution in [1.82, 2.24) is 20.1 Å². The number of urea groups is 1. The molecule has 0 aliphatic carbocycles. The molecule has 3 heterocycles. The number of hydrogen-bond acceptors (Lipinski definition) is 4. The topological polar surface area (TPSA) is 65.5 Å². The minimum atomic E-state index is -0.0468. The third kappa shape index (κ3) is 2.26. The molecule has 1 aromatic heterocycles. The van der Waals surface area contributed by atoms with E-state index >= 15 is 0 Å². The monoisotopic (exact) mass is 330 g/mol. The summed E-state index contributed by atoms with van der Waals surface area (Å²) >= 11 is 1.55. The maximum atomic E-state index is 13.0. The molecule has 2 atom stereocenters. The van der Waals surface area contributed by atoms with Crippen LogP contribution in [0.25, 0.3) is 10.2 Å². The lowest BCUT2D eigenvalue weighted by atomic mass is 9.99. The zero-order valence-electron chi connectivity index (χ0n) is 13.1. The number of fused-ring (bicyclic) bond motifs is 2. The van der Waals surface area contributed by atoms with Gasteiger partial charge in [0.2, 0.25) is 0 Å². The fraction of sp³-hybridized carbons (Fsp3) is 0.438. The predicted molar refractivity (Wildman–Crippen MR) is 88.7 cm³/mol. The number of hydrogen-bond donors (Lipinski definition) is 1.